The van der Waals surface area contributed by atoms with Crippen LogP contribution in [0.25, 0.3) is 10.8 Å². The van der Waals surface area contributed by atoms with Gasteiger partial charge in [-0.25, -0.2) is 0 Å². The van der Waals surface area contributed by atoms with Gasteiger partial charge >= 0.3 is 0 Å². The molecule has 2 aromatic carbocycles. The molecule has 0 amide bonds. The first-order valence-corrected chi connectivity index (χ1v) is 6.51. The van der Waals surface area contributed by atoms with Crippen molar-refractivity contribution >= 4 is 10.8 Å². The molecule has 1 aliphatic rings. The SMILES string of the molecule is N#Cc1ccc(OCC2CCOC2)c2ccccc12. The van der Waals surface area contributed by atoms with Gasteiger partial charge in [0, 0.05) is 23.3 Å². The molecular weight excluding hydrogens is 238 g/mol. The van der Waals surface area contributed by atoms with E-state index in [4.69, 9.17) is 14.7 Å². The summed E-state index contributed by atoms with van der Waals surface area (Å²) in [5.74, 6) is 1.33. The number of fused-ring (bicyclic) bond motifs is 1. The number of ether oxygens (including phenoxy) is 2. The van der Waals surface area contributed by atoms with E-state index in [1.165, 1.54) is 0 Å². The van der Waals surface area contributed by atoms with Crippen LogP contribution in [0.1, 0.15) is 12.0 Å². The van der Waals surface area contributed by atoms with Crippen LogP contribution in [0.4, 0.5) is 0 Å². The predicted octanol–water partition coefficient (Wildman–Crippen LogP) is 3.13. The summed E-state index contributed by atoms with van der Waals surface area (Å²) >= 11 is 0. The third kappa shape index (κ3) is 2.40. The van der Waals surface area contributed by atoms with Crippen LogP contribution in [0.2, 0.25) is 0 Å². The normalized spacial score (nSPS) is 18.4. The van der Waals surface area contributed by atoms with Gasteiger partial charge in [-0.2, -0.15) is 5.26 Å². The van der Waals surface area contributed by atoms with Crippen molar-refractivity contribution in [2.45, 2.75) is 6.42 Å². The van der Waals surface area contributed by atoms with Crippen molar-refractivity contribution in [3.63, 3.8) is 0 Å². The van der Waals surface area contributed by atoms with Crippen LogP contribution in [0.5, 0.6) is 5.75 Å². The molecule has 0 spiro atoms. The van der Waals surface area contributed by atoms with Crippen LogP contribution in [0.15, 0.2) is 36.4 Å². The summed E-state index contributed by atoms with van der Waals surface area (Å²) in [5, 5.41) is 11.1. The first-order chi connectivity index (χ1) is 9.38. The first kappa shape index (κ1) is 12.0. The Hall–Kier alpha value is -2.05. The van der Waals surface area contributed by atoms with Gasteiger partial charge in [0.25, 0.3) is 0 Å². The Morgan fingerprint density at radius 1 is 1.21 bits per heavy atom. The van der Waals surface area contributed by atoms with E-state index in [0.717, 1.165) is 36.2 Å². The number of nitrogens with zero attached hydrogens (tertiary/aromatic N) is 1. The average molecular weight is 253 g/mol. The average Bonchev–Trinajstić information content (AvgIpc) is 2.98. The Kier molecular flexibility index (Phi) is 3.35. The molecule has 2 aromatic rings. The fraction of sp³-hybridized carbons (Fsp3) is 0.312. The summed E-state index contributed by atoms with van der Waals surface area (Å²) in [5.41, 5.74) is 0.687. The fourth-order valence-corrected chi connectivity index (χ4v) is 2.42. The zero-order valence-electron chi connectivity index (χ0n) is 10.6. The second kappa shape index (κ2) is 5.29. The molecule has 1 atom stereocenters. The van der Waals surface area contributed by atoms with Gasteiger partial charge in [-0.3, -0.25) is 0 Å². The zero-order valence-corrected chi connectivity index (χ0v) is 10.6. The highest BCUT2D eigenvalue weighted by Gasteiger charge is 2.16. The molecule has 1 heterocycles. The molecule has 19 heavy (non-hydrogen) atoms. The topological polar surface area (TPSA) is 42.2 Å². The molecule has 0 bridgehead atoms. The molecule has 0 saturated carbocycles. The van der Waals surface area contributed by atoms with Gasteiger partial charge in [0.15, 0.2) is 0 Å². The van der Waals surface area contributed by atoms with E-state index in [-0.39, 0.29) is 0 Å². The standard InChI is InChI=1S/C16H15NO2/c17-9-13-5-6-16(15-4-2-1-3-14(13)15)19-11-12-7-8-18-10-12/h1-6,12H,7-8,10-11H2. The lowest BCUT2D eigenvalue weighted by atomic mass is 10.0. The Morgan fingerprint density at radius 3 is 2.79 bits per heavy atom. The van der Waals surface area contributed by atoms with Crippen LogP contribution in [0, 0.1) is 17.2 Å². The summed E-state index contributed by atoms with van der Waals surface area (Å²) in [6, 6.07) is 13.8. The van der Waals surface area contributed by atoms with Crippen LogP contribution in [0.3, 0.4) is 0 Å². The molecule has 1 unspecified atom stereocenters. The molecule has 3 heteroatoms. The number of hydrogen-bond acceptors (Lipinski definition) is 3. The highest BCUT2D eigenvalue weighted by molar-refractivity contribution is 5.92. The molecule has 1 fully saturated rings. The molecule has 0 radical (unpaired) electrons. The van der Waals surface area contributed by atoms with E-state index in [1.54, 1.807) is 0 Å². The molecule has 3 rings (SSSR count). The van der Waals surface area contributed by atoms with Crippen molar-refractivity contribution in [3.05, 3.63) is 42.0 Å². The molecular formula is C16H15NO2. The Labute approximate surface area is 112 Å². The zero-order chi connectivity index (χ0) is 13.1. The van der Waals surface area contributed by atoms with Gasteiger partial charge < -0.3 is 9.47 Å². The summed E-state index contributed by atoms with van der Waals surface area (Å²) in [7, 11) is 0. The lowest BCUT2D eigenvalue weighted by Gasteiger charge is -2.13. The molecule has 3 nitrogen and oxygen atoms in total. The third-order valence-corrected chi connectivity index (χ3v) is 3.50. The van der Waals surface area contributed by atoms with Crippen molar-refractivity contribution in [1.82, 2.24) is 0 Å². The van der Waals surface area contributed by atoms with E-state index in [9.17, 15) is 0 Å². The number of benzene rings is 2. The summed E-state index contributed by atoms with van der Waals surface area (Å²) < 4.78 is 11.3. The number of hydrogen-bond donors (Lipinski definition) is 0. The molecule has 96 valence electrons. The van der Waals surface area contributed by atoms with Crippen LogP contribution in [-0.2, 0) is 4.74 Å². The number of nitriles is 1. The molecule has 1 aliphatic heterocycles. The minimum absolute atomic E-state index is 0.481. The molecule has 0 N–H and O–H groups in total. The van der Waals surface area contributed by atoms with Crippen LogP contribution >= 0.6 is 0 Å². The van der Waals surface area contributed by atoms with E-state index in [1.807, 2.05) is 36.4 Å². The highest BCUT2D eigenvalue weighted by atomic mass is 16.5. The summed E-state index contributed by atoms with van der Waals surface area (Å²) in [6.07, 6.45) is 1.06. The van der Waals surface area contributed by atoms with Gasteiger partial charge in [-0.1, -0.05) is 24.3 Å². The largest absolute Gasteiger partial charge is 0.493 e. The minimum Gasteiger partial charge on any atom is -0.493 e. The van der Waals surface area contributed by atoms with Crippen molar-refractivity contribution in [2.24, 2.45) is 5.92 Å². The van der Waals surface area contributed by atoms with Gasteiger partial charge in [-0.05, 0) is 18.6 Å². The lowest BCUT2D eigenvalue weighted by Crippen LogP contribution is -2.11. The van der Waals surface area contributed by atoms with E-state index in [0.29, 0.717) is 18.1 Å². The monoisotopic (exact) mass is 253 g/mol. The summed E-state index contributed by atoms with van der Waals surface area (Å²) in [6.45, 7) is 2.30. The van der Waals surface area contributed by atoms with Crippen molar-refractivity contribution in [1.29, 1.82) is 5.26 Å². The third-order valence-electron chi connectivity index (χ3n) is 3.50. The first-order valence-electron chi connectivity index (χ1n) is 6.51. The van der Waals surface area contributed by atoms with Gasteiger partial charge in [0.1, 0.15) is 5.75 Å². The molecule has 0 aliphatic carbocycles. The molecule has 1 saturated heterocycles. The van der Waals surface area contributed by atoms with Gasteiger partial charge in [0.05, 0.1) is 24.8 Å². The lowest BCUT2D eigenvalue weighted by molar-refractivity contribution is 0.167. The van der Waals surface area contributed by atoms with E-state index in [2.05, 4.69) is 6.07 Å². The Balaban J connectivity index is 1.89. The van der Waals surface area contributed by atoms with Crippen LogP contribution in [-0.4, -0.2) is 19.8 Å². The van der Waals surface area contributed by atoms with Crippen molar-refractivity contribution in [2.75, 3.05) is 19.8 Å². The van der Waals surface area contributed by atoms with Crippen molar-refractivity contribution in [3.8, 4) is 11.8 Å². The van der Waals surface area contributed by atoms with E-state index >= 15 is 0 Å². The Morgan fingerprint density at radius 2 is 2.05 bits per heavy atom. The second-order valence-electron chi connectivity index (χ2n) is 4.81. The maximum atomic E-state index is 9.12. The fourth-order valence-electron chi connectivity index (χ4n) is 2.42. The quantitative estimate of drug-likeness (QED) is 0.844. The maximum Gasteiger partial charge on any atom is 0.127 e. The number of rotatable bonds is 3. The van der Waals surface area contributed by atoms with Crippen LogP contribution < -0.4 is 4.74 Å². The van der Waals surface area contributed by atoms with E-state index < -0.39 is 0 Å². The van der Waals surface area contributed by atoms with Gasteiger partial charge in [-0.15, -0.1) is 0 Å². The molecule has 0 aromatic heterocycles. The minimum atomic E-state index is 0.481. The van der Waals surface area contributed by atoms with Crippen molar-refractivity contribution < 1.29 is 9.47 Å². The second-order valence-corrected chi connectivity index (χ2v) is 4.81. The maximum absolute atomic E-state index is 9.12. The highest BCUT2D eigenvalue weighted by Crippen LogP contribution is 2.29. The Bertz CT molecular complexity index is 624. The summed E-state index contributed by atoms with van der Waals surface area (Å²) in [4.78, 5) is 0. The smallest absolute Gasteiger partial charge is 0.127 e. The predicted molar refractivity (Wildman–Crippen MR) is 73.1 cm³/mol. The van der Waals surface area contributed by atoms with Gasteiger partial charge in [0.2, 0.25) is 0 Å².